The van der Waals surface area contributed by atoms with Gasteiger partial charge in [0.15, 0.2) is 11.5 Å². The third kappa shape index (κ3) is 3.70. The van der Waals surface area contributed by atoms with Crippen molar-refractivity contribution in [2.24, 2.45) is 0 Å². The highest BCUT2D eigenvalue weighted by Crippen LogP contribution is 2.31. The first kappa shape index (κ1) is 20.1. The Hall–Kier alpha value is -2.23. The second kappa shape index (κ2) is 7.55. The highest BCUT2D eigenvalue weighted by molar-refractivity contribution is 7.89. The molecule has 1 aliphatic heterocycles. The summed E-state index contributed by atoms with van der Waals surface area (Å²) in [6.45, 7) is 3.87. The summed E-state index contributed by atoms with van der Waals surface area (Å²) in [7, 11) is -3.70. The number of carbonyl (C=O) groups excluding carboxylic acids is 1. The van der Waals surface area contributed by atoms with Crippen LogP contribution in [0.25, 0.3) is 10.8 Å². The first-order valence-electron chi connectivity index (χ1n) is 9.37. The van der Waals surface area contributed by atoms with Crippen LogP contribution < -0.4 is 0 Å². The zero-order valence-electron chi connectivity index (χ0n) is 16.2. The van der Waals surface area contributed by atoms with Gasteiger partial charge in [-0.1, -0.05) is 35.5 Å². The Balaban J connectivity index is 1.66. The van der Waals surface area contributed by atoms with Gasteiger partial charge in [0.25, 0.3) is 0 Å². The summed E-state index contributed by atoms with van der Waals surface area (Å²) in [6.07, 6.45) is 0.602. The number of sulfonamides is 1. The molecule has 0 spiro atoms. The predicted octanol–water partition coefficient (Wildman–Crippen LogP) is 2.70. The molecule has 0 unspecified atom stereocenters. The Morgan fingerprint density at radius 2 is 1.93 bits per heavy atom. The molecule has 1 aromatic heterocycles. The molecular weight excluding hydrogens is 408 g/mol. The van der Waals surface area contributed by atoms with Crippen LogP contribution in [-0.2, 0) is 16.6 Å². The standard InChI is InChI=1S/C20H22N4O3S2/c1-13-20(14(2)25)21-22-23(13)11-17-10-18(28)12-24(17)29(26,27)19-8-7-15-5-3-4-6-16(15)9-19/h3-9,17-18,28H,10-12H2,1-2H3/t17-,18+/m0/s1. The average Bonchev–Trinajstić information content (AvgIpc) is 3.24. The maximum Gasteiger partial charge on any atom is 0.243 e. The Kier molecular flexibility index (Phi) is 5.22. The molecule has 1 aliphatic rings. The van der Waals surface area contributed by atoms with Gasteiger partial charge in [0.2, 0.25) is 10.0 Å². The summed E-state index contributed by atoms with van der Waals surface area (Å²) in [5, 5.41) is 9.80. The third-order valence-corrected chi connectivity index (χ3v) is 7.66. The van der Waals surface area contributed by atoms with Gasteiger partial charge in [-0.15, -0.1) is 5.10 Å². The normalized spacial score (nSPS) is 20.4. The van der Waals surface area contributed by atoms with Gasteiger partial charge in [0, 0.05) is 24.8 Å². The first-order valence-corrected chi connectivity index (χ1v) is 11.3. The van der Waals surface area contributed by atoms with Crippen LogP contribution in [0.1, 0.15) is 29.5 Å². The summed E-state index contributed by atoms with van der Waals surface area (Å²) < 4.78 is 29.9. The Labute approximate surface area is 175 Å². The van der Waals surface area contributed by atoms with Gasteiger partial charge >= 0.3 is 0 Å². The fraction of sp³-hybridized carbons (Fsp3) is 0.350. The highest BCUT2D eigenvalue weighted by Gasteiger charge is 2.39. The van der Waals surface area contributed by atoms with E-state index in [1.165, 1.54) is 11.2 Å². The molecule has 2 atom stereocenters. The molecule has 0 saturated carbocycles. The molecule has 9 heteroatoms. The quantitative estimate of drug-likeness (QED) is 0.497. The molecule has 2 heterocycles. The van der Waals surface area contributed by atoms with Gasteiger partial charge in [-0.05, 0) is 36.2 Å². The highest BCUT2D eigenvalue weighted by atomic mass is 32.2. The Morgan fingerprint density at radius 3 is 2.62 bits per heavy atom. The van der Waals surface area contributed by atoms with Crippen LogP contribution in [-0.4, -0.2) is 51.3 Å². The van der Waals surface area contributed by atoms with E-state index in [-0.39, 0.29) is 22.0 Å². The number of hydrogen-bond acceptors (Lipinski definition) is 6. The zero-order chi connectivity index (χ0) is 20.8. The van der Waals surface area contributed by atoms with Crippen LogP contribution in [0, 0.1) is 6.92 Å². The van der Waals surface area contributed by atoms with Crippen molar-refractivity contribution in [3.63, 3.8) is 0 Å². The van der Waals surface area contributed by atoms with Crippen LogP contribution in [0.2, 0.25) is 0 Å². The van der Waals surface area contributed by atoms with Crippen molar-refractivity contribution in [3.05, 3.63) is 53.9 Å². The molecule has 0 N–H and O–H groups in total. The van der Waals surface area contributed by atoms with Crippen molar-refractivity contribution in [3.8, 4) is 0 Å². The van der Waals surface area contributed by atoms with E-state index < -0.39 is 10.0 Å². The van der Waals surface area contributed by atoms with Crippen molar-refractivity contribution in [2.75, 3.05) is 6.54 Å². The number of benzene rings is 2. The zero-order valence-corrected chi connectivity index (χ0v) is 17.9. The van der Waals surface area contributed by atoms with Crippen molar-refractivity contribution in [1.82, 2.24) is 19.3 Å². The lowest BCUT2D eigenvalue weighted by molar-refractivity contribution is 0.101. The smallest absolute Gasteiger partial charge is 0.243 e. The third-order valence-electron chi connectivity index (χ3n) is 5.37. The molecule has 3 aromatic rings. The molecule has 1 saturated heterocycles. The predicted molar refractivity (Wildman–Crippen MR) is 114 cm³/mol. The Morgan fingerprint density at radius 1 is 1.21 bits per heavy atom. The summed E-state index contributed by atoms with van der Waals surface area (Å²) in [5.41, 5.74) is 0.956. The SMILES string of the molecule is CC(=O)c1nnn(C[C@@H]2C[C@@H](S)CN2S(=O)(=O)c2ccc3ccccc3c2)c1C. The number of nitrogens with zero attached hydrogens (tertiary/aromatic N) is 4. The topological polar surface area (TPSA) is 85.2 Å². The number of ketones is 1. The van der Waals surface area contributed by atoms with Gasteiger partial charge in [-0.3, -0.25) is 4.79 Å². The number of hydrogen-bond donors (Lipinski definition) is 1. The number of carbonyl (C=O) groups is 1. The summed E-state index contributed by atoms with van der Waals surface area (Å²) in [4.78, 5) is 11.9. The molecule has 1 fully saturated rings. The van der Waals surface area contributed by atoms with Gasteiger partial charge in [0.05, 0.1) is 17.1 Å². The van der Waals surface area contributed by atoms with E-state index >= 15 is 0 Å². The van der Waals surface area contributed by atoms with E-state index in [0.29, 0.717) is 30.9 Å². The minimum absolute atomic E-state index is 0.0636. The maximum absolute atomic E-state index is 13.4. The molecular formula is C20H22N4O3S2. The van der Waals surface area contributed by atoms with E-state index in [2.05, 4.69) is 22.9 Å². The average molecular weight is 431 g/mol. The van der Waals surface area contributed by atoms with Crippen molar-refractivity contribution in [1.29, 1.82) is 0 Å². The van der Waals surface area contributed by atoms with E-state index in [1.807, 2.05) is 30.3 Å². The number of aromatic nitrogens is 3. The fourth-order valence-electron chi connectivity index (χ4n) is 3.84. The lowest BCUT2D eigenvalue weighted by atomic mass is 10.1. The number of thiol groups is 1. The monoisotopic (exact) mass is 430 g/mol. The second-order valence-corrected chi connectivity index (χ2v) is 10.0. The van der Waals surface area contributed by atoms with E-state index in [1.54, 1.807) is 23.7 Å². The van der Waals surface area contributed by atoms with E-state index in [4.69, 9.17) is 0 Å². The van der Waals surface area contributed by atoms with Gasteiger partial charge in [-0.25, -0.2) is 13.1 Å². The lowest BCUT2D eigenvalue weighted by Gasteiger charge is -2.24. The van der Waals surface area contributed by atoms with Gasteiger partial charge in [-0.2, -0.15) is 16.9 Å². The first-order chi connectivity index (χ1) is 13.8. The minimum Gasteiger partial charge on any atom is -0.293 e. The van der Waals surface area contributed by atoms with Crippen LogP contribution in [0.4, 0.5) is 0 Å². The molecule has 0 aliphatic carbocycles. The number of fused-ring (bicyclic) bond motifs is 1. The maximum atomic E-state index is 13.4. The summed E-state index contributed by atoms with van der Waals surface area (Å²) in [6, 6.07) is 12.5. The van der Waals surface area contributed by atoms with Crippen LogP contribution in [0.15, 0.2) is 47.4 Å². The minimum atomic E-state index is -3.70. The molecule has 0 amide bonds. The lowest BCUT2D eigenvalue weighted by Crippen LogP contribution is -2.38. The molecule has 7 nitrogen and oxygen atoms in total. The van der Waals surface area contributed by atoms with Crippen molar-refractivity contribution < 1.29 is 13.2 Å². The molecule has 0 bridgehead atoms. The van der Waals surface area contributed by atoms with Gasteiger partial charge < -0.3 is 0 Å². The van der Waals surface area contributed by atoms with Crippen LogP contribution in [0.3, 0.4) is 0 Å². The molecule has 0 radical (unpaired) electrons. The van der Waals surface area contributed by atoms with Crippen molar-refractivity contribution >= 4 is 39.2 Å². The fourth-order valence-corrected chi connectivity index (χ4v) is 6.08. The van der Waals surface area contributed by atoms with E-state index in [9.17, 15) is 13.2 Å². The van der Waals surface area contributed by atoms with E-state index in [0.717, 1.165) is 10.8 Å². The Bertz CT molecular complexity index is 1190. The van der Waals surface area contributed by atoms with Crippen LogP contribution in [0.5, 0.6) is 0 Å². The summed E-state index contributed by atoms with van der Waals surface area (Å²) >= 11 is 4.54. The van der Waals surface area contributed by atoms with Gasteiger partial charge in [0.1, 0.15) is 0 Å². The molecule has 29 heavy (non-hydrogen) atoms. The molecule has 2 aromatic carbocycles. The summed E-state index contributed by atoms with van der Waals surface area (Å²) in [5.74, 6) is -0.159. The molecule has 152 valence electrons. The van der Waals surface area contributed by atoms with Crippen LogP contribution >= 0.6 is 12.6 Å². The number of Topliss-reactive ketones (excluding diaryl/α,β-unsaturated/α-hetero) is 1. The van der Waals surface area contributed by atoms with Crippen molar-refractivity contribution in [2.45, 2.75) is 43.0 Å². The number of rotatable bonds is 5. The largest absolute Gasteiger partial charge is 0.293 e. The second-order valence-electron chi connectivity index (χ2n) is 7.39. The molecule has 4 rings (SSSR count).